The quantitative estimate of drug-likeness (QED) is 0.899. The standard InChI is InChI=1S/C14H21F2N3O2/c1-4-21-12-8-18(3)7-10(12)17-13(20)11-6-5-9(2)19(11)14(15)16/h5-6,10,12,14H,4,7-8H2,1-3H3,(H,17,20)/t10-,12-/m0/s1. The molecule has 5 nitrogen and oxygen atoms in total. The molecule has 1 aliphatic rings. The average molecular weight is 301 g/mol. The van der Waals surface area contributed by atoms with Crippen LogP contribution in [0.2, 0.25) is 0 Å². The number of alkyl halides is 2. The highest BCUT2D eigenvalue weighted by Crippen LogP contribution is 2.19. The molecule has 0 radical (unpaired) electrons. The lowest BCUT2D eigenvalue weighted by atomic mass is 10.2. The van der Waals surface area contributed by atoms with Crippen molar-refractivity contribution in [1.29, 1.82) is 0 Å². The number of halogens is 2. The number of aryl methyl sites for hydroxylation is 1. The Morgan fingerprint density at radius 2 is 2.19 bits per heavy atom. The lowest BCUT2D eigenvalue weighted by Crippen LogP contribution is -2.44. The van der Waals surface area contributed by atoms with Crippen molar-refractivity contribution in [2.24, 2.45) is 0 Å². The van der Waals surface area contributed by atoms with Crippen LogP contribution in [0.25, 0.3) is 0 Å². The minimum absolute atomic E-state index is 0.0210. The Hall–Kier alpha value is -1.47. The number of rotatable bonds is 5. The smallest absolute Gasteiger partial charge is 0.319 e. The van der Waals surface area contributed by atoms with Gasteiger partial charge in [0.2, 0.25) is 0 Å². The number of nitrogens with one attached hydrogen (secondary N) is 1. The molecule has 2 heterocycles. The van der Waals surface area contributed by atoms with Gasteiger partial charge in [0.1, 0.15) is 5.69 Å². The number of hydrogen-bond donors (Lipinski definition) is 1. The fraction of sp³-hybridized carbons (Fsp3) is 0.643. The molecule has 2 atom stereocenters. The van der Waals surface area contributed by atoms with Gasteiger partial charge in [-0.3, -0.25) is 9.36 Å². The van der Waals surface area contributed by atoms with Crippen molar-refractivity contribution < 1.29 is 18.3 Å². The summed E-state index contributed by atoms with van der Waals surface area (Å²) in [6, 6.07) is 2.75. The SMILES string of the molecule is CCO[C@H]1CN(C)C[C@@H]1NC(=O)c1ccc(C)n1C(F)F. The lowest BCUT2D eigenvalue weighted by Gasteiger charge is -2.20. The van der Waals surface area contributed by atoms with Gasteiger partial charge in [0.15, 0.2) is 0 Å². The topological polar surface area (TPSA) is 46.5 Å². The summed E-state index contributed by atoms with van der Waals surface area (Å²) >= 11 is 0. The Morgan fingerprint density at radius 3 is 2.81 bits per heavy atom. The van der Waals surface area contributed by atoms with Crippen LogP contribution >= 0.6 is 0 Å². The highest BCUT2D eigenvalue weighted by molar-refractivity contribution is 5.93. The molecule has 1 N–H and O–H groups in total. The Morgan fingerprint density at radius 1 is 1.48 bits per heavy atom. The molecule has 1 aromatic rings. The predicted octanol–water partition coefficient (Wildman–Crippen LogP) is 1.64. The van der Waals surface area contributed by atoms with Crippen LogP contribution in [-0.2, 0) is 4.74 Å². The van der Waals surface area contributed by atoms with Gasteiger partial charge in [-0.15, -0.1) is 0 Å². The number of likely N-dealkylation sites (tertiary alicyclic amines) is 1. The molecule has 1 aliphatic heterocycles. The molecule has 0 saturated carbocycles. The summed E-state index contributed by atoms with van der Waals surface area (Å²) in [5.74, 6) is -0.492. The van der Waals surface area contributed by atoms with E-state index in [2.05, 4.69) is 5.32 Å². The van der Waals surface area contributed by atoms with E-state index in [9.17, 15) is 13.6 Å². The molecule has 2 rings (SSSR count). The molecular weight excluding hydrogens is 280 g/mol. The minimum atomic E-state index is -2.73. The molecule has 21 heavy (non-hydrogen) atoms. The number of hydrogen-bond acceptors (Lipinski definition) is 3. The second kappa shape index (κ2) is 6.53. The summed E-state index contributed by atoms with van der Waals surface area (Å²) in [7, 11) is 1.93. The summed E-state index contributed by atoms with van der Waals surface area (Å²) in [4.78, 5) is 14.3. The van der Waals surface area contributed by atoms with E-state index in [1.165, 1.54) is 12.1 Å². The van der Waals surface area contributed by atoms with E-state index < -0.39 is 12.5 Å². The molecule has 0 aromatic carbocycles. The van der Waals surface area contributed by atoms with E-state index >= 15 is 0 Å². The van der Waals surface area contributed by atoms with Crippen molar-refractivity contribution in [2.45, 2.75) is 32.5 Å². The molecule has 118 valence electrons. The minimum Gasteiger partial charge on any atom is -0.375 e. The van der Waals surface area contributed by atoms with Gasteiger partial charge in [-0.1, -0.05) is 0 Å². The summed E-state index contributed by atoms with van der Waals surface area (Å²) in [5.41, 5.74) is 0.340. The number of amides is 1. The van der Waals surface area contributed by atoms with Crippen molar-refractivity contribution >= 4 is 5.91 Å². The molecule has 0 aliphatic carbocycles. The summed E-state index contributed by atoms with van der Waals surface area (Å²) in [6.07, 6.45) is -0.111. The third kappa shape index (κ3) is 3.41. The number of carbonyl (C=O) groups excluding carboxylic acids is 1. The zero-order valence-corrected chi connectivity index (χ0v) is 12.5. The van der Waals surface area contributed by atoms with Crippen LogP contribution in [0.15, 0.2) is 12.1 Å². The number of ether oxygens (including phenoxy) is 1. The highest BCUT2D eigenvalue weighted by Gasteiger charge is 2.33. The van der Waals surface area contributed by atoms with Crippen molar-refractivity contribution in [3.63, 3.8) is 0 Å². The highest BCUT2D eigenvalue weighted by atomic mass is 19.3. The zero-order valence-electron chi connectivity index (χ0n) is 12.5. The summed E-state index contributed by atoms with van der Waals surface area (Å²) in [6.45, 7) is 2.63. The first-order valence-electron chi connectivity index (χ1n) is 7.01. The fourth-order valence-corrected chi connectivity index (χ4v) is 2.72. The Bertz CT molecular complexity index is 504. The first-order chi connectivity index (χ1) is 9.93. The van der Waals surface area contributed by atoms with Gasteiger partial charge in [-0.05, 0) is 33.0 Å². The van der Waals surface area contributed by atoms with Crippen LogP contribution in [0.5, 0.6) is 0 Å². The lowest BCUT2D eigenvalue weighted by molar-refractivity contribution is 0.0483. The van der Waals surface area contributed by atoms with Gasteiger partial charge >= 0.3 is 6.55 Å². The van der Waals surface area contributed by atoms with Crippen LogP contribution in [0.4, 0.5) is 8.78 Å². The number of aromatic nitrogens is 1. The number of nitrogens with zero attached hydrogens (tertiary/aromatic N) is 2. The first-order valence-corrected chi connectivity index (χ1v) is 7.01. The molecule has 1 aromatic heterocycles. The second-order valence-corrected chi connectivity index (χ2v) is 5.30. The van der Waals surface area contributed by atoms with Gasteiger partial charge < -0.3 is 15.0 Å². The summed E-state index contributed by atoms with van der Waals surface area (Å²) < 4.78 is 32.3. The predicted molar refractivity (Wildman–Crippen MR) is 74.6 cm³/mol. The maximum Gasteiger partial charge on any atom is 0.319 e. The van der Waals surface area contributed by atoms with Crippen LogP contribution in [0.1, 0.15) is 29.7 Å². The normalized spacial score (nSPS) is 23.0. The molecule has 1 saturated heterocycles. The molecule has 1 amide bonds. The van der Waals surface area contributed by atoms with Crippen LogP contribution < -0.4 is 5.32 Å². The zero-order chi connectivity index (χ0) is 15.6. The van der Waals surface area contributed by atoms with Crippen LogP contribution in [0.3, 0.4) is 0 Å². The van der Waals surface area contributed by atoms with Crippen LogP contribution in [0, 0.1) is 6.92 Å². The fourth-order valence-electron chi connectivity index (χ4n) is 2.72. The van der Waals surface area contributed by atoms with Gasteiger partial charge in [0.25, 0.3) is 5.91 Å². The van der Waals surface area contributed by atoms with Crippen molar-refractivity contribution in [3.8, 4) is 0 Å². The van der Waals surface area contributed by atoms with Gasteiger partial charge in [0.05, 0.1) is 12.1 Å². The molecule has 0 bridgehead atoms. The monoisotopic (exact) mass is 301 g/mol. The molecule has 1 fully saturated rings. The van der Waals surface area contributed by atoms with E-state index in [0.717, 1.165) is 4.57 Å². The van der Waals surface area contributed by atoms with Crippen molar-refractivity contribution in [1.82, 2.24) is 14.8 Å². The van der Waals surface area contributed by atoms with E-state index in [1.807, 2.05) is 18.9 Å². The molecule has 7 heteroatoms. The largest absolute Gasteiger partial charge is 0.375 e. The Labute approximate surface area is 122 Å². The van der Waals surface area contributed by atoms with Crippen LogP contribution in [-0.4, -0.2) is 54.3 Å². The van der Waals surface area contributed by atoms with Crippen molar-refractivity contribution in [2.75, 3.05) is 26.7 Å². The molecular formula is C14H21F2N3O2. The summed E-state index contributed by atoms with van der Waals surface area (Å²) in [5, 5.41) is 2.81. The van der Waals surface area contributed by atoms with Gasteiger partial charge in [-0.25, -0.2) is 0 Å². The molecule has 0 unspecified atom stereocenters. The number of carbonyl (C=O) groups is 1. The van der Waals surface area contributed by atoms with Crippen molar-refractivity contribution in [3.05, 3.63) is 23.5 Å². The third-order valence-electron chi connectivity index (χ3n) is 3.70. The first kappa shape index (κ1) is 15.9. The molecule has 0 spiro atoms. The number of likely N-dealkylation sites (N-methyl/N-ethyl adjacent to an activating group) is 1. The van der Waals surface area contributed by atoms with Gasteiger partial charge in [0, 0.05) is 25.4 Å². The van der Waals surface area contributed by atoms with E-state index in [0.29, 0.717) is 25.4 Å². The van der Waals surface area contributed by atoms with Gasteiger partial charge in [-0.2, -0.15) is 8.78 Å². The maximum absolute atomic E-state index is 13.0. The average Bonchev–Trinajstić information content (AvgIpc) is 2.93. The van der Waals surface area contributed by atoms with E-state index in [-0.39, 0.29) is 17.8 Å². The Kier molecular flexibility index (Phi) is 4.95. The third-order valence-corrected chi connectivity index (χ3v) is 3.70. The maximum atomic E-state index is 13.0. The van der Waals surface area contributed by atoms with E-state index in [1.54, 1.807) is 6.92 Å². The second-order valence-electron chi connectivity index (χ2n) is 5.30. The van der Waals surface area contributed by atoms with E-state index in [4.69, 9.17) is 4.74 Å². The Balaban J connectivity index is 2.11.